The summed E-state index contributed by atoms with van der Waals surface area (Å²) >= 11 is 0. The number of rotatable bonds is 3. The van der Waals surface area contributed by atoms with E-state index in [1.807, 2.05) is 13.8 Å². The number of alkyl halides is 2. The lowest BCUT2D eigenvalue weighted by atomic mass is 9.91. The highest BCUT2D eigenvalue weighted by Crippen LogP contribution is 2.75. The summed E-state index contributed by atoms with van der Waals surface area (Å²) in [6.07, 6.45) is -0.0103. The molecule has 4 rings (SSSR count). The molecule has 1 aliphatic heterocycles. The summed E-state index contributed by atoms with van der Waals surface area (Å²) in [6, 6.07) is 0. The molecule has 0 aromatic carbocycles. The number of hydrogen-bond donors (Lipinski definition) is 1. The third-order valence-corrected chi connectivity index (χ3v) is 6.98. The number of nitrogens with two attached hydrogens (primary N) is 1. The largest absolute Gasteiger partial charge is 0.332 e. The molecule has 1 spiro atoms. The molecule has 12 heteroatoms. The fourth-order valence-electron chi connectivity index (χ4n) is 4.19. The molecule has 1 saturated carbocycles. The molecule has 0 radical (unpaired) electrons. The summed E-state index contributed by atoms with van der Waals surface area (Å²) in [6.45, 7) is 3.59. The molecular formula is C15H20F2N6O3S. The molecule has 2 aromatic rings. The molecule has 0 amide bonds. The maximum Gasteiger partial charge on any atom is 0.276 e. The Morgan fingerprint density at radius 2 is 1.89 bits per heavy atom. The van der Waals surface area contributed by atoms with Crippen molar-refractivity contribution < 1.29 is 21.7 Å². The molecule has 0 unspecified atom stereocenters. The molecular weight excluding hydrogens is 382 g/mol. The lowest BCUT2D eigenvalue weighted by molar-refractivity contribution is 0.0411. The minimum Gasteiger partial charge on any atom is -0.332 e. The van der Waals surface area contributed by atoms with Crippen LogP contribution in [0.4, 0.5) is 8.78 Å². The van der Waals surface area contributed by atoms with Gasteiger partial charge in [0.05, 0.1) is 17.0 Å². The second kappa shape index (κ2) is 5.55. The average Bonchev–Trinajstić information content (AvgIpc) is 2.89. The van der Waals surface area contributed by atoms with Crippen LogP contribution in [0.15, 0.2) is 4.52 Å². The van der Waals surface area contributed by atoms with Crippen molar-refractivity contribution in [2.24, 2.45) is 17.6 Å². The van der Waals surface area contributed by atoms with Crippen LogP contribution in [0, 0.1) is 19.3 Å². The molecule has 148 valence electrons. The van der Waals surface area contributed by atoms with Gasteiger partial charge in [-0.05, 0) is 26.7 Å². The Balaban J connectivity index is 1.61. The van der Waals surface area contributed by atoms with E-state index in [1.54, 1.807) is 11.7 Å². The van der Waals surface area contributed by atoms with Crippen molar-refractivity contribution >= 4 is 10.2 Å². The van der Waals surface area contributed by atoms with E-state index in [1.165, 1.54) is 0 Å². The van der Waals surface area contributed by atoms with Crippen LogP contribution in [0.3, 0.4) is 0 Å². The van der Waals surface area contributed by atoms with Crippen molar-refractivity contribution in [2.75, 3.05) is 13.1 Å². The molecule has 1 saturated heterocycles. The van der Waals surface area contributed by atoms with Crippen molar-refractivity contribution in [1.29, 1.82) is 0 Å². The van der Waals surface area contributed by atoms with E-state index in [-0.39, 0.29) is 37.6 Å². The molecule has 0 bridgehead atoms. The van der Waals surface area contributed by atoms with Crippen molar-refractivity contribution in [3.63, 3.8) is 0 Å². The van der Waals surface area contributed by atoms with Gasteiger partial charge in [0, 0.05) is 25.7 Å². The fourth-order valence-corrected chi connectivity index (χ4v) is 4.88. The highest BCUT2D eigenvalue weighted by Gasteiger charge is 2.82. The number of nitrogens with zero attached hydrogens (tertiary/aromatic N) is 5. The van der Waals surface area contributed by atoms with E-state index in [2.05, 4.69) is 15.2 Å². The third-order valence-electron chi connectivity index (χ3n) is 5.89. The molecule has 1 aliphatic carbocycles. The van der Waals surface area contributed by atoms with Crippen LogP contribution in [0.25, 0.3) is 11.6 Å². The molecule has 3 heterocycles. The smallest absolute Gasteiger partial charge is 0.276 e. The normalized spacial score (nSPS) is 24.4. The van der Waals surface area contributed by atoms with Gasteiger partial charge in [0.15, 0.2) is 5.82 Å². The van der Waals surface area contributed by atoms with Gasteiger partial charge in [0.2, 0.25) is 0 Å². The lowest BCUT2D eigenvalue weighted by Gasteiger charge is -2.30. The molecule has 2 N–H and O–H groups in total. The highest BCUT2D eigenvalue weighted by molar-refractivity contribution is 7.86. The second-order valence-electron chi connectivity index (χ2n) is 7.30. The first-order chi connectivity index (χ1) is 12.5. The molecule has 1 atom stereocenters. The van der Waals surface area contributed by atoms with Crippen LogP contribution in [0.1, 0.15) is 35.8 Å². The first kappa shape index (κ1) is 18.4. The predicted molar refractivity (Wildman–Crippen MR) is 90.0 cm³/mol. The third kappa shape index (κ3) is 2.53. The standard InChI is InChI=1S/C15H20F2N6O3S/c1-8-9(2)20-22(3)10(8)13-19-12(21-26-13)11-14(15(11,16)17)4-6-23(7-5-14)27(18,24)25/h11H,4-7H2,1-3H3,(H2,18,24,25)/t11-/m0/s1. The van der Waals surface area contributed by atoms with Gasteiger partial charge in [-0.15, -0.1) is 0 Å². The number of halogens is 2. The first-order valence-electron chi connectivity index (χ1n) is 8.49. The zero-order chi connectivity index (χ0) is 19.8. The minimum absolute atomic E-state index is 0.00514. The van der Waals surface area contributed by atoms with Gasteiger partial charge >= 0.3 is 0 Å². The van der Waals surface area contributed by atoms with Crippen molar-refractivity contribution in [3.05, 3.63) is 17.1 Å². The zero-order valence-electron chi connectivity index (χ0n) is 15.1. The Kier molecular flexibility index (Phi) is 3.79. The van der Waals surface area contributed by atoms with E-state index in [0.29, 0.717) is 5.69 Å². The fraction of sp³-hybridized carbons (Fsp3) is 0.667. The van der Waals surface area contributed by atoms with E-state index in [9.17, 15) is 17.2 Å². The summed E-state index contributed by atoms with van der Waals surface area (Å²) in [7, 11) is -2.16. The molecule has 2 fully saturated rings. The van der Waals surface area contributed by atoms with Crippen molar-refractivity contribution in [3.8, 4) is 11.6 Å². The van der Waals surface area contributed by atoms with Crippen molar-refractivity contribution in [2.45, 2.75) is 38.5 Å². The van der Waals surface area contributed by atoms with Gasteiger partial charge in [-0.2, -0.15) is 22.8 Å². The van der Waals surface area contributed by atoms with Gasteiger partial charge < -0.3 is 4.52 Å². The molecule has 27 heavy (non-hydrogen) atoms. The Bertz CT molecular complexity index is 1010. The first-order valence-corrected chi connectivity index (χ1v) is 9.99. The topological polar surface area (TPSA) is 120 Å². The van der Waals surface area contributed by atoms with Crippen molar-refractivity contribution in [1.82, 2.24) is 24.2 Å². The summed E-state index contributed by atoms with van der Waals surface area (Å²) < 4.78 is 60.1. The van der Waals surface area contributed by atoms with E-state index in [4.69, 9.17) is 9.66 Å². The predicted octanol–water partition coefficient (Wildman–Crippen LogP) is 1.11. The second-order valence-corrected chi connectivity index (χ2v) is 8.84. The average molecular weight is 402 g/mol. The van der Waals surface area contributed by atoms with Gasteiger partial charge in [-0.25, -0.2) is 13.9 Å². The zero-order valence-corrected chi connectivity index (χ0v) is 15.9. The highest BCUT2D eigenvalue weighted by atomic mass is 32.2. The number of aromatic nitrogens is 4. The van der Waals surface area contributed by atoms with Crippen LogP contribution in [0.5, 0.6) is 0 Å². The van der Waals surface area contributed by atoms with E-state index in [0.717, 1.165) is 15.6 Å². The number of piperidine rings is 1. The Morgan fingerprint density at radius 1 is 1.26 bits per heavy atom. The lowest BCUT2D eigenvalue weighted by Crippen LogP contribution is -2.43. The maximum absolute atomic E-state index is 14.7. The Labute approximate surface area is 154 Å². The summed E-state index contributed by atoms with van der Waals surface area (Å²) in [4.78, 5) is 4.22. The van der Waals surface area contributed by atoms with Gasteiger partial charge in [0.25, 0.3) is 22.0 Å². The van der Waals surface area contributed by atoms with Gasteiger partial charge in [-0.1, -0.05) is 5.16 Å². The number of hydrogen-bond acceptors (Lipinski definition) is 6. The maximum atomic E-state index is 14.7. The monoisotopic (exact) mass is 402 g/mol. The van der Waals surface area contributed by atoms with Crippen LogP contribution in [-0.4, -0.2) is 51.7 Å². The quantitative estimate of drug-likeness (QED) is 0.821. The SMILES string of the molecule is Cc1nn(C)c(-c2nc([C@@H]3C(F)(F)C34CCN(S(N)(=O)=O)CC4)no2)c1C. The molecule has 9 nitrogen and oxygen atoms in total. The van der Waals surface area contributed by atoms with Crippen LogP contribution in [0.2, 0.25) is 0 Å². The van der Waals surface area contributed by atoms with E-state index >= 15 is 0 Å². The van der Waals surface area contributed by atoms with E-state index < -0.39 is 27.5 Å². The van der Waals surface area contributed by atoms with Crippen LogP contribution >= 0.6 is 0 Å². The van der Waals surface area contributed by atoms with Crippen LogP contribution < -0.4 is 5.14 Å². The minimum atomic E-state index is -3.88. The molecule has 2 aromatic heterocycles. The van der Waals surface area contributed by atoms with Gasteiger partial charge in [0.1, 0.15) is 5.69 Å². The number of aryl methyl sites for hydroxylation is 2. The van der Waals surface area contributed by atoms with Gasteiger partial charge in [-0.3, -0.25) is 4.68 Å². The summed E-state index contributed by atoms with van der Waals surface area (Å²) in [5.74, 6) is -4.13. The molecule has 2 aliphatic rings. The Hall–Kier alpha value is -1.92. The summed E-state index contributed by atoms with van der Waals surface area (Å²) in [5, 5.41) is 13.2. The van der Waals surface area contributed by atoms with Crippen LogP contribution in [-0.2, 0) is 17.3 Å². The summed E-state index contributed by atoms with van der Waals surface area (Å²) in [5.41, 5.74) is 0.864. The Morgan fingerprint density at radius 3 is 2.41 bits per heavy atom.